The minimum Gasteiger partial charge on any atom is -0.353 e. The second-order valence-electron chi connectivity index (χ2n) is 11.0. The van der Waals surface area contributed by atoms with Gasteiger partial charge in [0.05, 0.1) is 5.41 Å². The van der Waals surface area contributed by atoms with Crippen LogP contribution in [-0.4, -0.2) is 41.3 Å². The van der Waals surface area contributed by atoms with E-state index >= 15 is 0 Å². The number of carbonyl (C=O) groups is 2. The maximum atomic E-state index is 13.2. The Morgan fingerprint density at radius 3 is 2.58 bits per heavy atom. The molecule has 5 rings (SSSR count). The molecule has 5 atom stereocenters. The summed E-state index contributed by atoms with van der Waals surface area (Å²) in [7, 11) is 1.80. The summed E-state index contributed by atoms with van der Waals surface area (Å²) in [5.41, 5.74) is 3.26. The molecule has 38 heavy (non-hydrogen) atoms. The molecule has 2 fully saturated rings. The van der Waals surface area contributed by atoms with Crippen molar-refractivity contribution in [2.75, 3.05) is 13.6 Å². The number of nitrogens with zero attached hydrogens (tertiary/aromatic N) is 2. The van der Waals surface area contributed by atoms with Gasteiger partial charge in [-0.15, -0.1) is 0 Å². The van der Waals surface area contributed by atoms with Crippen LogP contribution in [0, 0.1) is 11.3 Å². The Kier molecular flexibility index (Phi) is 7.52. The molecule has 2 aliphatic rings. The van der Waals surface area contributed by atoms with E-state index in [-0.39, 0.29) is 35.6 Å². The summed E-state index contributed by atoms with van der Waals surface area (Å²) in [4.78, 5) is 32.2. The molecule has 5 nitrogen and oxygen atoms in total. The minimum atomic E-state index is -0.432. The van der Waals surface area contributed by atoms with Gasteiger partial charge in [-0.05, 0) is 79.1 Å². The van der Waals surface area contributed by atoms with Gasteiger partial charge >= 0.3 is 0 Å². The highest BCUT2D eigenvalue weighted by Crippen LogP contribution is 2.59. The molecule has 198 valence electrons. The molecule has 2 aromatic carbocycles. The molecule has 1 aromatic heterocycles. The first-order chi connectivity index (χ1) is 18.2. The molecule has 0 unspecified atom stereocenters. The van der Waals surface area contributed by atoms with E-state index in [2.05, 4.69) is 36.3 Å². The fourth-order valence-electron chi connectivity index (χ4n) is 6.62. The van der Waals surface area contributed by atoms with Gasteiger partial charge in [-0.1, -0.05) is 54.4 Å². The van der Waals surface area contributed by atoms with E-state index in [1.807, 2.05) is 42.5 Å². The Bertz CT molecular complexity index is 1330. The van der Waals surface area contributed by atoms with E-state index in [0.29, 0.717) is 28.6 Å². The van der Waals surface area contributed by atoms with Gasteiger partial charge in [0.15, 0.2) is 0 Å². The molecule has 1 N–H and O–H groups in total. The lowest BCUT2D eigenvalue weighted by atomic mass is 9.56. The van der Waals surface area contributed by atoms with Crippen LogP contribution in [-0.2, 0) is 11.2 Å². The number of aromatic nitrogens is 1. The average molecular weight is 551 g/mol. The third kappa shape index (κ3) is 4.94. The quantitative estimate of drug-likeness (QED) is 0.381. The Morgan fingerprint density at radius 2 is 1.89 bits per heavy atom. The molecule has 2 amide bonds. The lowest BCUT2D eigenvalue weighted by Gasteiger charge is -2.46. The van der Waals surface area contributed by atoms with Crippen LogP contribution in [0.2, 0.25) is 10.0 Å². The van der Waals surface area contributed by atoms with E-state index in [0.717, 1.165) is 29.7 Å². The first-order valence-electron chi connectivity index (χ1n) is 13.2. The highest BCUT2D eigenvalue weighted by molar-refractivity contribution is 6.32. The van der Waals surface area contributed by atoms with Crippen LogP contribution >= 0.6 is 23.2 Å². The van der Waals surface area contributed by atoms with Crippen LogP contribution in [0.15, 0.2) is 66.9 Å². The van der Waals surface area contributed by atoms with Crippen LogP contribution in [0.3, 0.4) is 0 Å². The van der Waals surface area contributed by atoms with Crippen LogP contribution in [0.25, 0.3) is 0 Å². The minimum absolute atomic E-state index is 0.0448. The zero-order valence-corrected chi connectivity index (χ0v) is 23.5. The highest BCUT2D eigenvalue weighted by Gasteiger charge is 2.57. The predicted octanol–water partition coefficient (Wildman–Crippen LogP) is 6.51. The van der Waals surface area contributed by atoms with Gasteiger partial charge in [0.2, 0.25) is 5.91 Å². The molecule has 1 aliphatic heterocycles. The lowest BCUT2D eigenvalue weighted by molar-refractivity contribution is -0.129. The number of halogens is 2. The van der Waals surface area contributed by atoms with E-state index in [1.54, 1.807) is 24.2 Å². The van der Waals surface area contributed by atoms with Crippen molar-refractivity contribution in [1.29, 1.82) is 0 Å². The van der Waals surface area contributed by atoms with Crippen LogP contribution in [0.1, 0.15) is 65.7 Å². The molecule has 0 radical (unpaired) electrons. The monoisotopic (exact) mass is 549 g/mol. The molecule has 0 bridgehead atoms. The summed E-state index contributed by atoms with van der Waals surface area (Å²) in [6, 6.07) is 19.5. The maximum Gasteiger partial charge on any atom is 0.253 e. The van der Waals surface area contributed by atoms with Gasteiger partial charge in [-0.25, -0.2) is 0 Å². The van der Waals surface area contributed by atoms with Gasteiger partial charge < -0.3 is 10.2 Å². The summed E-state index contributed by atoms with van der Waals surface area (Å²) in [6.07, 6.45) is 4.07. The van der Waals surface area contributed by atoms with Crippen molar-refractivity contribution >= 4 is 35.0 Å². The van der Waals surface area contributed by atoms with Crippen molar-refractivity contribution in [2.45, 2.75) is 51.0 Å². The molecule has 1 saturated carbocycles. The standard InChI is InChI=1S/C31H33Cl2N3O2/c1-19-28-27(20-7-10-22(32)11-8-20)25(13-15-31(28,2)30(38)35-19)24-12-9-21(18-26(24)33)29(37)36(3)17-14-23-6-4-5-16-34-23/h4-12,16,18-19,25,27-28H,13-15,17H2,1-3H3,(H,35,38)/t19-,25+,27+,28+,31-/m1/s1. The van der Waals surface area contributed by atoms with Crippen molar-refractivity contribution in [3.8, 4) is 0 Å². The lowest BCUT2D eigenvalue weighted by Crippen LogP contribution is -2.42. The van der Waals surface area contributed by atoms with Gasteiger partial charge in [-0.2, -0.15) is 0 Å². The third-order valence-electron chi connectivity index (χ3n) is 8.62. The van der Waals surface area contributed by atoms with E-state index < -0.39 is 5.41 Å². The molecule has 1 aliphatic carbocycles. The van der Waals surface area contributed by atoms with Gasteiger partial charge in [0.25, 0.3) is 5.91 Å². The number of hydrogen-bond donors (Lipinski definition) is 1. The third-order valence-corrected chi connectivity index (χ3v) is 9.20. The second kappa shape index (κ2) is 10.7. The smallest absolute Gasteiger partial charge is 0.253 e. The molecular formula is C31H33Cl2N3O2. The number of nitrogens with one attached hydrogen (secondary N) is 1. The summed E-state index contributed by atoms with van der Waals surface area (Å²) in [6.45, 7) is 4.76. The number of amides is 2. The van der Waals surface area contributed by atoms with Crippen molar-refractivity contribution in [2.24, 2.45) is 11.3 Å². The van der Waals surface area contributed by atoms with Crippen LogP contribution in [0.5, 0.6) is 0 Å². The summed E-state index contributed by atoms with van der Waals surface area (Å²) in [5.74, 6) is 0.375. The molecule has 1 saturated heterocycles. The Morgan fingerprint density at radius 1 is 1.13 bits per heavy atom. The number of fused-ring (bicyclic) bond motifs is 1. The SMILES string of the molecule is C[C@H]1NC(=O)[C@]2(C)CC[C@@H](c3ccc(C(=O)N(C)CCc4ccccn4)cc3Cl)[C@H](c3ccc(Cl)cc3)[C@H]12. The first-order valence-corrected chi connectivity index (χ1v) is 14.0. The zero-order chi connectivity index (χ0) is 27.0. The molecule has 0 spiro atoms. The topological polar surface area (TPSA) is 62.3 Å². The zero-order valence-electron chi connectivity index (χ0n) is 22.0. The normalized spacial score (nSPS) is 26.5. The fourth-order valence-corrected chi connectivity index (χ4v) is 7.07. The number of carbonyl (C=O) groups excluding carboxylic acids is 2. The van der Waals surface area contributed by atoms with E-state index in [9.17, 15) is 9.59 Å². The van der Waals surface area contributed by atoms with Crippen molar-refractivity contribution < 1.29 is 9.59 Å². The summed E-state index contributed by atoms with van der Waals surface area (Å²) in [5, 5.41) is 4.48. The molecule has 3 aromatic rings. The predicted molar refractivity (Wildman–Crippen MR) is 152 cm³/mol. The van der Waals surface area contributed by atoms with E-state index in [1.165, 1.54) is 0 Å². The molecule has 7 heteroatoms. The molecular weight excluding hydrogens is 517 g/mol. The van der Waals surface area contributed by atoms with Crippen molar-refractivity contribution in [3.05, 3.63) is 99.3 Å². The Hall–Kier alpha value is -2.89. The van der Waals surface area contributed by atoms with Gasteiger partial charge in [-0.3, -0.25) is 14.6 Å². The Balaban J connectivity index is 1.42. The largest absolute Gasteiger partial charge is 0.353 e. The highest BCUT2D eigenvalue weighted by atomic mass is 35.5. The number of hydrogen-bond acceptors (Lipinski definition) is 3. The van der Waals surface area contributed by atoms with Crippen LogP contribution < -0.4 is 5.32 Å². The van der Waals surface area contributed by atoms with Gasteiger partial charge in [0.1, 0.15) is 0 Å². The summed E-state index contributed by atoms with van der Waals surface area (Å²) >= 11 is 13.1. The van der Waals surface area contributed by atoms with Crippen molar-refractivity contribution in [3.63, 3.8) is 0 Å². The molecule has 2 heterocycles. The fraction of sp³-hybridized carbons (Fsp3) is 0.387. The number of rotatable bonds is 6. The van der Waals surface area contributed by atoms with Crippen LogP contribution in [0.4, 0.5) is 0 Å². The average Bonchev–Trinajstić information content (AvgIpc) is 3.15. The Labute approximate surface area is 234 Å². The number of likely N-dealkylation sites (N-methyl/N-ethyl adjacent to an activating group) is 1. The summed E-state index contributed by atoms with van der Waals surface area (Å²) < 4.78 is 0. The van der Waals surface area contributed by atoms with Gasteiger partial charge in [0, 0.05) is 59.5 Å². The maximum absolute atomic E-state index is 13.2. The number of benzene rings is 2. The second-order valence-corrected chi connectivity index (χ2v) is 11.8. The van der Waals surface area contributed by atoms with E-state index in [4.69, 9.17) is 23.2 Å². The number of pyridine rings is 1. The first kappa shape index (κ1) is 26.7. The van der Waals surface area contributed by atoms with Crippen molar-refractivity contribution in [1.82, 2.24) is 15.2 Å².